The normalized spacial score (nSPS) is 10.5. The number of nitrogens with zero attached hydrogens (tertiary/aromatic N) is 1. The van der Waals surface area contributed by atoms with Gasteiger partial charge >= 0.3 is 0 Å². The lowest BCUT2D eigenvalue weighted by molar-refractivity contribution is -0.115. The SMILES string of the molecule is COc1ccc(N(C)C(=O)CS)cc1C(C)C. The molecule has 1 amide bonds. The Labute approximate surface area is 108 Å². The zero-order valence-electron chi connectivity index (χ0n) is 10.7. The number of carbonyl (C=O) groups is 1. The van der Waals surface area contributed by atoms with Crippen molar-refractivity contribution in [2.24, 2.45) is 0 Å². The minimum atomic E-state index is -0.0202. The smallest absolute Gasteiger partial charge is 0.236 e. The van der Waals surface area contributed by atoms with Crippen LogP contribution in [0.4, 0.5) is 5.69 Å². The van der Waals surface area contributed by atoms with Crippen LogP contribution in [-0.4, -0.2) is 25.8 Å². The van der Waals surface area contributed by atoms with Gasteiger partial charge in [-0.1, -0.05) is 13.8 Å². The molecule has 0 aliphatic rings. The molecule has 0 saturated heterocycles. The second-order valence-electron chi connectivity index (χ2n) is 4.19. The van der Waals surface area contributed by atoms with Crippen LogP contribution in [0.15, 0.2) is 18.2 Å². The van der Waals surface area contributed by atoms with Crippen molar-refractivity contribution in [2.45, 2.75) is 19.8 Å². The second kappa shape index (κ2) is 5.96. The van der Waals surface area contributed by atoms with E-state index in [0.717, 1.165) is 17.0 Å². The first-order chi connectivity index (χ1) is 8.01. The van der Waals surface area contributed by atoms with Gasteiger partial charge in [0.2, 0.25) is 5.91 Å². The lowest BCUT2D eigenvalue weighted by Gasteiger charge is -2.19. The Hall–Kier alpha value is -1.16. The van der Waals surface area contributed by atoms with Crippen molar-refractivity contribution in [3.05, 3.63) is 23.8 Å². The summed E-state index contributed by atoms with van der Waals surface area (Å²) in [5.74, 6) is 1.40. The second-order valence-corrected chi connectivity index (χ2v) is 4.51. The van der Waals surface area contributed by atoms with Gasteiger partial charge < -0.3 is 9.64 Å². The van der Waals surface area contributed by atoms with Gasteiger partial charge in [-0.2, -0.15) is 12.6 Å². The van der Waals surface area contributed by atoms with Crippen LogP contribution in [0.2, 0.25) is 0 Å². The summed E-state index contributed by atoms with van der Waals surface area (Å²) in [7, 11) is 3.41. The van der Waals surface area contributed by atoms with E-state index in [1.54, 1.807) is 19.1 Å². The van der Waals surface area contributed by atoms with Crippen LogP contribution in [0, 0.1) is 0 Å². The topological polar surface area (TPSA) is 29.5 Å². The van der Waals surface area contributed by atoms with E-state index in [0.29, 0.717) is 5.92 Å². The maximum absolute atomic E-state index is 11.6. The number of hydrogen-bond donors (Lipinski definition) is 1. The fourth-order valence-electron chi connectivity index (χ4n) is 1.63. The molecule has 0 aliphatic heterocycles. The van der Waals surface area contributed by atoms with Crippen LogP contribution in [-0.2, 0) is 4.79 Å². The summed E-state index contributed by atoms with van der Waals surface area (Å²) in [4.78, 5) is 13.2. The van der Waals surface area contributed by atoms with Crippen molar-refractivity contribution in [2.75, 3.05) is 24.8 Å². The predicted octanol–water partition coefficient (Wildman–Crippen LogP) is 2.71. The average Bonchev–Trinajstić information content (AvgIpc) is 2.35. The van der Waals surface area contributed by atoms with Crippen LogP contribution < -0.4 is 9.64 Å². The molecular formula is C13H19NO2S. The molecule has 0 aliphatic carbocycles. The largest absolute Gasteiger partial charge is 0.496 e. The van der Waals surface area contributed by atoms with E-state index in [1.807, 2.05) is 18.2 Å². The highest BCUT2D eigenvalue weighted by Crippen LogP contribution is 2.30. The van der Waals surface area contributed by atoms with Gasteiger partial charge in [0, 0.05) is 12.7 Å². The Kier molecular flexibility index (Phi) is 4.87. The number of methoxy groups -OCH3 is 1. The minimum absolute atomic E-state index is 0.0202. The maximum Gasteiger partial charge on any atom is 0.236 e. The number of amides is 1. The van der Waals surface area contributed by atoms with E-state index in [2.05, 4.69) is 26.5 Å². The number of anilines is 1. The number of hydrogen-bond acceptors (Lipinski definition) is 3. The molecule has 3 nitrogen and oxygen atoms in total. The van der Waals surface area contributed by atoms with E-state index >= 15 is 0 Å². The van der Waals surface area contributed by atoms with Gasteiger partial charge in [0.05, 0.1) is 12.9 Å². The quantitative estimate of drug-likeness (QED) is 0.836. The summed E-state index contributed by atoms with van der Waals surface area (Å²) < 4.78 is 5.31. The van der Waals surface area contributed by atoms with Gasteiger partial charge in [-0.3, -0.25) is 4.79 Å². The molecular weight excluding hydrogens is 234 g/mol. The summed E-state index contributed by atoms with van der Waals surface area (Å²) in [6.45, 7) is 4.20. The molecule has 94 valence electrons. The van der Waals surface area contributed by atoms with E-state index in [9.17, 15) is 4.79 Å². The zero-order chi connectivity index (χ0) is 13.0. The van der Waals surface area contributed by atoms with Gasteiger partial charge in [-0.05, 0) is 29.7 Å². The van der Waals surface area contributed by atoms with Crippen molar-refractivity contribution in [3.63, 3.8) is 0 Å². The average molecular weight is 253 g/mol. The van der Waals surface area contributed by atoms with Crippen molar-refractivity contribution >= 4 is 24.2 Å². The van der Waals surface area contributed by atoms with Crippen molar-refractivity contribution in [1.82, 2.24) is 0 Å². The summed E-state index contributed by atoms with van der Waals surface area (Å²) in [5, 5.41) is 0. The summed E-state index contributed by atoms with van der Waals surface area (Å²) >= 11 is 3.99. The van der Waals surface area contributed by atoms with Gasteiger partial charge in [0.15, 0.2) is 0 Å². The molecule has 0 saturated carbocycles. The minimum Gasteiger partial charge on any atom is -0.496 e. The Balaban J connectivity index is 3.12. The highest BCUT2D eigenvalue weighted by atomic mass is 32.1. The third-order valence-corrected chi connectivity index (χ3v) is 3.00. The number of rotatable bonds is 4. The van der Waals surface area contributed by atoms with Crippen LogP contribution in [0.25, 0.3) is 0 Å². The summed E-state index contributed by atoms with van der Waals surface area (Å²) in [5.41, 5.74) is 1.97. The van der Waals surface area contributed by atoms with Gasteiger partial charge in [0.1, 0.15) is 5.75 Å². The first-order valence-electron chi connectivity index (χ1n) is 5.56. The lowest BCUT2D eigenvalue weighted by Crippen LogP contribution is -2.27. The molecule has 0 aromatic heterocycles. The van der Waals surface area contributed by atoms with E-state index in [4.69, 9.17) is 4.74 Å². The number of benzene rings is 1. The van der Waals surface area contributed by atoms with E-state index in [-0.39, 0.29) is 11.7 Å². The molecule has 0 bridgehead atoms. The molecule has 4 heteroatoms. The third kappa shape index (κ3) is 3.16. The van der Waals surface area contributed by atoms with Gasteiger partial charge in [0.25, 0.3) is 0 Å². The summed E-state index contributed by atoms with van der Waals surface area (Å²) in [6.07, 6.45) is 0. The fourth-order valence-corrected chi connectivity index (χ4v) is 1.84. The predicted molar refractivity (Wildman–Crippen MR) is 74.3 cm³/mol. The molecule has 0 spiro atoms. The van der Waals surface area contributed by atoms with Crippen molar-refractivity contribution < 1.29 is 9.53 Å². The summed E-state index contributed by atoms with van der Waals surface area (Å²) in [6, 6.07) is 5.77. The van der Waals surface area contributed by atoms with Crippen LogP contribution >= 0.6 is 12.6 Å². The maximum atomic E-state index is 11.6. The molecule has 0 N–H and O–H groups in total. The molecule has 0 heterocycles. The standard InChI is InChI=1S/C13H19NO2S/c1-9(2)11-7-10(5-6-12(11)16-4)14(3)13(15)8-17/h5-7,9,17H,8H2,1-4H3. The van der Waals surface area contributed by atoms with Crippen LogP contribution in [0.1, 0.15) is 25.3 Å². The molecule has 0 unspecified atom stereocenters. The van der Waals surface area contributed by atoms with Crippen molar-refractivity contribution in [1.29, 1.82) is 0 Å². The molecule has 17 heavy (non-hydrogen) atoms. The highest BCUT2D eigenvalue weighted by Gasteiger charge is 2.13. The molecule has 1 aromatic carbocycles. The molecule has 0 fully saturated rings. The Bertz CT molecular complexity index is 404. The van der Waals surface area contributed by atoms with E-state index in [1.165, 1.54) is 0 Å². The number of thiol groups is 1. The first-order valence-corrected chi connectivity index (χ1v) is 6.19. The molecule has 0 radical (unpaired) electrons. The van der Waals surface area contributed by atoms with Crippen LogP contribution in [0.3, 0.4) is 0 Å². The van der Waals surface area contributed by atoms with Gasteiger partial charge in [-0.15, -0.1) is 0 Å². The van der Waals surface area contributed by atoms with E-state index < -0.39 is 0 Å². The van der Waals surface area contributed by atoms with Crippen LogP contribution in [0.5, 0.6) is 5.75 Å². The van der Waals surface area contributed by atoms with Gasteiger partial charge in [-0.25, -0.2) is 0 Å². The molecule has 0 atom stereocenters. The Morgan fingerprint density at radius 1 is 1.47 bits per heavy atom. The highest BCUT2D eigenvalue weighted by molar-refractivity contribution is 7.81. The Morgan fingerprint density at radius 2 is 2.12 bits per heavy atom. The number of ether oxygens (including phenoxy) is 1. The zero-order valence-corrected chi connectivity index (χ0v) is 11.6. The number of carbonyl (C=O) groups excluding carboxylic acids is 1. The Morgan fingerprint density at radius 3 is 2.59 bits per heavy atom. The lowest BCUT2D eigenvalue weighted by atomic mass is 10.0. The molecule has 1 rings (SSSR count). The third-order valence-electron chi connectivity index (χ3n) is 2.73. The first kappa shape index (κ1) is 13.9. The van der Waals surface area contributed by atoms with Crippen molar-refractivity contribution in [3.8, 4) is 5.75 Å². The monoisotopic (exact) mass is 253 g/mol. The fraction of sp³-hybridized carbons (Fsp3) is 0.462. The molecule has 1 aromatic rings.